The molecule has 3 nitrogen and oxygen atoms in total. The highest BCUT2D eigenvalue weighted by atomic mass is 32.1. The van der Waals surface area contributed by atoms with Gasteiger partial charge in [-0.25, -0.2) is 0 Å². The molecule has 1 aliphatic rings. The Morgan fingerprint density at radius 2 is 2.32 bits per heavy atom. The maximum Gasteiger partial charge on any atom is 0.244 e. The van der Waals surface area contributed by atoms with Crippen molar-refractivity contribution in [1.82, 2.24) is 5.32 Å². The Kier molecular flexibility index (Phi) is 5.16. The third kappa shape index (κ3) is 3.91. The second kappa shape index (κ2) is 6.87. The molecule has 0 radical (unpaired) electrons. The van der Waals surface area contributed by atoms with Gasteiger partial charge in [-0.2, -0.15) is 0 Å². The van der Waals surface area contributed by atoms with Gasteiger partial charge in [-0.15, -0.1) is 11.3 Å². The number of nitrogens with one attached hydrogen (secondary N) is 1. The van der Waals surface area contributed by atoms with E-state index in [0.29, 0.717) is 18.4 Å². The van der Waals surface area contributed by atoms with Crippen LogP contribution in [0.5, 0.6) is 0 Å². The Bertz CT molecular complexity index is 453. The maximum atomic E-state index is 11.7. The number of carbonyl (C=O) groups is 1. The normalized spacial score (nSPS) is 23.1. The summed E-state index contributed by atoms with van der Waals surface area (Å²) in [4.78, 5) is 12.9. The van der Waals surface area contributed by atoms with Crippen LogP contribution in [0.25, 0.3) is 6.08 Å². The van der Waals surface area contributed by atoms with Crippen molar-refractivity contribution in [3.63, 3.8) is 0 Å². The van der Waals surface area contributed by atoms with Gasteiger partial charge in [0.1, 0.15) is 0 Å². The van der Waals surface area contributed by atoms with Crippen LogP contribution in [0.3, 0.4) is 0 Å². The lowest BCUT2D eigenvalue weighted by Crippen LogP contribution is -2.30. The zero-order valence-corrected chi connectivity index (χ0v) is 12.1. The van der Waals surface area contributed by atoms with Gasteiger partial charge >= 0.3 is 0 Å². The van der Waals surface area contributed by atoms with E-state index in [1.165, 1.54) is 5.56 Å². The number of rotatable bonds is 5. The van der Waals surface area contributed by atoms with Crippen LogP contribution in [-0.4, -0.2) is 24.2 Å². The van der Waals surface area contributed by atoms with Crippen LogP contribution < -0.4 is 5.32 Å². The van der Waals surface area contributed by atoms with Gasteiger partial charge in [-0.1, -0.05) is 6.42 Å². The Hall–Kier alpha value is -1.13. The predicted molar refractivity (Wildman–Crippen MR) is 79.0 cm³/mol. The molecule has 2 atom stereocenters. The number of aryl methyl sites for hydroxylation is 1. The fourth-order valence-corrected chi connectivity index (χ4v) is 3.44. The fraction of sp³-hybridized carbons (Fsp3) is 0.533. The Labute approximate surface area is 118 Å². The minimum atomic E-state index is -0.0450. The lowest BCUT2D eigenvalue weighted by Gasteiger charge is -2.17. The highest BCUT2D eigenvalue weighted by molar-refractivity contribution is 7.11. The quantitative estimate of drug-likeness (QED) is 0.814. The van der Waals surface area contributed by atoms with Gasteiger partial charge in [0.05, 0.1) is 0 Å². The average molecular weight is 279 g/mol. The molecule has 0 aromatic carbocycles. The molecule has 1 heterocycles. The molecule has 2 N–H and O–H groups in total. The third-order valence-electron chi connectivity index (χ3n) is 3.88. The second-order valence-electron chi connectivity index (χ2n) is 5.18. The van der Waals surface area contributed by atoms with Crippen LogP contribution in [-0.2, 0) is 4.79 Å². The molecular weight excluding hydrogens is 258 g/mol. The van der Waals surface area contributed by atoms with Crippen molar-refractivity contribution in [2.75, 3.05) is 13.2 Å². The standard InChI is InChI=1S/C15H21NO2S/c1-11-7-8-19-14(11)5-6-15(18)16-9-12-3-2-4-13(12)10-17/h5-8,12-13,17H,2-4,9-10H2,1H3,(H,16,18). The summed E-state index contributed by atoms with van der Waals surface area (Å²) in [7, 11) is 0. The van der Waals surface area contributed by atoms with Crippen LogP contribution in [0.4, 0.5) is 0 Å². The van der Waals surface area contributed by atoms with Gasteiger partial charge in [0, 0.05) is 24.1 Å². The number of amides is 1. The van der Waals surface area contributed by atoms with Gasteiger partial charge in [0.15, 0.2) is 0 Å². The molecule has 2 rings (SSSR count). The topological polar surface area (TPSA) is 49.3 Å². The summed E-state index contributed by atoms with van der Waals surface area (Å²) >= 11 is 1.64. The van der Waals surface area contributed by atoms with Gasteiger partial charge in [-0.3, -0.25) is 4.79 Å². The fourth-order valence-electron chi connectivity index (χ4n) is 2.62. The van der Waals surface area contributed by atoms with E-state index in [1.807, 2.05) is 24.4 Å². The molecule has 1 aliphatic carbocycles. The smallest absolute Gasteiger partial charge is 0.244 e. The Balaban J connectivity index is 1.79. The van der Waals surface area contributed by atoms with Crippen molar-refractivity contribution in [3.05, 3.63) is 28.0 Å². The molecule has 0 aliphatic heterocycles. The summed E-state index contributed by atoms with van der Waals surface area (Å²) in [5.41, 5.74) is 1.20. The summed E-state index contributed by atoms with van der Waals surface area (Å²) in [5.74, 6) is 0.756. The number of hydrogen-bond acceptors (Lipinski definition) is 3. The summed E-state index contributed by atoms with van der Waals surface area (Å²) in [6, 6.07) is 2.05. The first kappa shape index (κ1) is 14.3. The largest absolute Gasteiger partial charge is 0.396 e. The first-order valence-electron chi connectivity index (χ1n) is 6.81. The van der Waals surface area contributed by atoms with Crippen molar-refractivity contribution in [3.8, 4) is 0 Å². The number of aliphatic hydroxyl groups is 1. The molecular formula is C15H21NO2S. The molecule has 19 heavy (non-hydrogen) atoms. The molecule has 1 fully saturated rings. The molecule has 104 valence electrons. The number of aliphatic hydroxyl groups excluding tert-OH is 1. The third-order valence-corrected chi connectivity index (χ3v) is 4.86. The van der Waals surface area contributed by atoms with Gasteiger partial charge in [-0.05, 0) is 54.7 Å². The van der Waals surface area contributed by atoms with Gasteiger partial charge in [0.25, 0.3) is 0 Å². The van der Waals surface area contributed by atoms with Crippen molar-refractivity contribution >= 4 is 23.3 Å². The van der Waals surface area contributed by atoms with Crippen molar-refractivity contribution in [2.24, 2.45) is 11.8 Å². The van der Waals surface area contributed by atoms with E-state index < -0.39 is 0 Å². The van der Waals surface area contributed by atoms with Crippen LogP contribution in [0.15, 0.2) is 17.5 Å². The monoisotopic (exact) mass is 279 g/mol. The van der Waals surface area contributed by atoms with E-state index in [9.17, 15) is 9.90 Å². The summed E-state index contributed by atoms with van der Waals surface area (Å²) in [6.07, 6.45) is 6.83. The summed E-state index contributed by atoms with van der Waals surface area (Å²) in [6.45, 7) is 2.96. The summed E-state index contributed by atoms with van der Waals surface area (Å²) in [5, 5.41) is 14.2. The lowest BCUT2D eigenvalue weighted by molar-refractivity contribution is -0.116. The SMILES string of the molecule is Cc1ccsc1C=CC(=O)NCC1CCCC1CO. The first-order valence-corrected chi connectivity index (χ1v) is 7.69. The number of thiophene rings is 1. The minimum absolute atomic E-state index is 0.0450. The van der Waals surface area contributed by atoms with E-state index in [1.54, 1.807) is 17.4 Å². The zero-order chi connectivity index (χ0) is 13.7. The van der Waals surface area contributed by atoms with Crippen LogP contribution >= 0.6 is 11.3 Å². The molecule has 4 heteroatoms. The highest BCUT2D eigenvalue weighted by Crippen LogP contribution is 2.30. The van der Waals surface area contributed by atoms with E-state index in [4.69, 9.17) is 0 Å². The minimum Gasteiger partial charge on any atom is -0.396 e. The van der Waals surface area contributed by atoms with Crippen molar-refractivity contribution < 1.29 is 9.90 Å². The first-order chi connectivity index (χ1) is 9.20. The van der Waals surface area contributed by atoms with Crippen LogP contribution in [0.1, 0.15) is 29.7 Å². The molecule has 0 spiro atoms. The Morgan fingerprint density at radius 1 is 1.53 bits per heavy atom. The molecule has 0 saturated heterocycles. The van der Waals surface area contributed by atoms with E-state index in [-0.39, 0.29) is 12.5 Å². The highest BCUT2D eigenvalue weighted by Gasteiger charge is 2.26. The molecule has 1 amide bonds. The van der Waals surface area contributed by atoms with Crippen molar-refractivity contribution in [1.29, 1.82) is 0 Å². The average Bonchev–Trinajstić information content (AvgIpc) is 3.02. The number of hydrogen-bond donors (Lipinski definition) is 2. The van der Waals surface area contributed by atoms with E-state index in [0.717, 1.165) is 24.1 Å². The second-order valence-corrected chi connectivity index (χ2v) is 6.13. The molecule has 0 bridgehead atoms. The summed E-state index contributed by atoms with van der Waals surface area (Å²) < 4.78 is 0. The maximum absolute atomic E-state index is 11.7. The van der Waals surface area contributed by atoms with Gasteiger partial charge in [0.2, 0.25) is 5.91 Å². The Morgan fingerprint density at radius 3 is 3.00 bits per heavy atom. The number of carbonyl (C=O) groups excluding carboxylic acids is 1. The lowest BCUT2D eigenvalue weighted by atomic mass is 9.97. The van der Waals surface area contributed by atoms with Crippen LogP contribution in [0, 0.1) is 18.8 Å². The van der Waals surface area contributed by atoms with E-state index >= 15 is 0 Å². The van der Waals surface area contributed by atoms with Crippen LogP contribution in [0.2, 0.25) is 0 Å². The molecule has 1 aromatic rings. The molecule has 1 saturated carbocycles. The van der Waals surface area contributed by atoms with Crippen molar-refractivity contribution in [2.45, 2.75) is 26.2 Å². The predicted octanol–water partition coefficient (Wildman–Crippen LogP) is 2.59. The molecule has 2 unspecified atom stereocenters. The van der Waals surface area contributed by atoms with E-state index in [2.05, 4.69) is 5.32 Å². The van der Waals surface area contributed by atoms with Gasteiger partial charge < -0.3 is 10.4 Å². The molecule has 1 aromatic heterocycles. The zero-order valence-electron chi connectivity index (χ0n) is 11.3.